The Balaban J connectivity index is 1.40. The van der Waals surface area contributed by atoms with E-state index in [1.807, 2.05) is 72.8 Å². The lowest BCUT2D eigenvalue weighted by molar-refractivity contribution is -0.120. The maximum absolute atomic E-state index is 13.0. The normalized spacial score (nSPS) is 11.0. The number of aromatic nitrogens is 3. The molecule has 0 saturated heterocycles. The SMILES string of the molecule is O=C(Cc1cccc2ccccc12)NCc1nn(Cc2cccnc2)c(=O)c2ccccc12. The molecule has 2 heterocycles. The van der Waals surface area contributed by atoms with E-state index in [4.69, 9.17) is 0 Å². The summed E-state index contributed by atoms with van der Waals surface area (Å²) in [5.74, 6) is -0.0951. The molecule has 5 aromatic rings. The first kappa shape index (κ1) is 20.6. The molecule has 0 aliphatic carbocycles. The van der Waals surface area contributed by atoms with Gasteiger partial charge in [-0.1, -0.05) is 66.7 Å². The van der Waals surface area contributed by atoms with Gasteiger partial charge in [0.1, 0.15) is 0 Å². The van der Waals surface area contributed by atoms with Crippen LogP contribution in [0, 0.1) is 0 Å². The average molecular weight is 434 g/mol. The minimum Gasteiger partial charge on any atom is -0.350 e. The maximum Gasteiger partial charge on any atom is 0.274 e. The van der Waals surface area contributed by atoms with Crippen LogP contribution in [0.2, 0.25) is 0 Å². The molecule has 0 aliphatic rings. The van der Waals surface area contributed by atoms with Crippen LogP contribution in [-0.2, 0) is 24.3 Å². The van der Waals surface area contributed by atoms with E-state index in [9.17, 15) is 9.59 Å². The number of rotatable bonds is 6. The Labute approximate surface area is 190 Å². The summed E-state index contributed by atoms with van der Waals surface area (Å²) in [6, 6.07) is 25.1. The predicted octanol–water partition coefficient (Wildman–Crippen LogP) is 3.85. The summed E-state index contributed by atoms with van der Waals surface area (Å²) in [5.41, 5.74) is 2.35. The van der Waals surface area contributed by atoms with Gasteiger partial charge in [0.2, 0.25) is 5.91 Å². The van der Waals surface area contributed by atoms with Crippen LogP contribution >= 0.6 is 0 Å². The summed E-state index contributed by atoms with van der Waals surface area (Å²) < 4.78 is 1.44. The van der Waals surface area contributed by atoms with Crippen molar-refractivity contribution in [2.24, 2.45) is 0 Å². The molecule has 2 aromatic heterocycles. The van der Waals surface area contributed by atoms with E-state index in [1.54, 1.807) is 18.5 Å². The molecule has 0 fully saturated rings. The number of benzene rings is 3. The highest BCUT2D eigenvalue weighted by Gasteiger charge is 2.13. The van der Waals surface area contributed by atoms with Crippen LogP contribution in [0.1, 0.15) is 16.8 Å². The standard InChI is InChI=1S/C27H22N4O2/c32-26(15-21-10-5-9-20-8-1-2-11-22(20)21)29-17-25-23-12-3-4-13-24(23)27(33)31(30-25)18-19-7-6-14-28-16-19/h1-14,16H,15,17-18H2,(H,29,32). The highest BCUT2D eigenvalue weighted by atomic mass is 16.1. The monoisotopic (exact) mass is 434 g/mol. The van der Waals surface area contributed by atoms with Crippen LogP contribution in [0.3, 0.4) is 0 Å². The second-order valence-electron chi connectivity index (χ2n) is 7.91. The van der Waals surface area contributed by atoms with E-state index in [0.29, 0.717) is 17.6 Å². The van der Waals surface area contributed by atoms with Crippen molar-refractivity contribution in [1.29, 1.82) is 0 Å². The number of carbonyl (C=O) groups excluding carboxylic acids is 1. The van der Waals surface area contributed by atoms with Gasteiger partial charge >= 0.3 is 0 Å². The minimum atomic E-state index is -0.166. The Morgan fingerprint density at radius 3 is 2.42 bits per heavy atom. The average Bonchev–Trinajstić information content (AvgIpc) is 2.86. The molecule has 6 heteroatoms. The molecule has 3 aromatic carbocycles. The lowest BCUT2D eigenvalue weighted by atomic mass is 10.0. The Morgan fingerprint density at radius 2 is 1.61 bits per heavy atom. The fourth-order valence-electron chi connectivity index (χ4n) is 4.07. The number of nitrogens with one attached hydrogen (secondary N) is 1. The van der Waals surface area contributed by atoms with Gasteiger partial charge in [0.25, 0.3) is 5.56 Å². The molecule has 162 valence electrons. The topological polar surface area (TPSA) is 76.9 Å². The molecule has 0 radical (unpaired) electrons. The molecule has 0 aliphatic heterocycles. The van der Waals surface area contributed by atoms with Crippen molar-refractivity contribution >= 4 is 27.5 Å². The fourth-order valence-corrected chi connectivity index (χ4v) is 4.07. The summed E-state index contributed by atoms with van der Waals surface area (Å²) in [6.45, 7) is 0.548. The van der Waals surface area contributed by atoms with Crippen molar-refractivity contribution in [2.75, 3.05) is 0 Å². The van der Waals surface area contributed by atoms with Crippen molar-refractivity contribution in [1.82, 2.24) is 20.1 Å². The van der Waals surface area contributed by atoms with Crippen LogP contribution in [0.5, 0.6) is 0 Å². The number of fused-ring (bicyclic) bond motifs is 2. The third-order valence-electron chi connectivity index (χ3n) is 5.68. The summed E-state index contributed by atoms with van der Waals surface area (Å²) in [4.78, 5) is 29.9. The van der Waals surface area contributed by atoms with E-state index in [0.717, 1.165) is 27.3 Å². The van der Waals surface area contributed by atoms with Crippen LogP contribution in [-0.4, -0.2) is 20.7 Å². The smallest absolute Gasteiger partial charge is 0.274 e. The fraction of sp³-hybridized carbons (Fsp3) is 0.111. The number of pyridine rings is 1. The van der Waals surface area contributed by atoms with Gasteiger partial charge in [0, 0.05) is 17.8 Å². The number of nitrogens with zero attached hydrogens (tertiary/aromatic N) is 3. The minimum absolute atomic E-state index is 0.0951. The van der Waals surface area contributed by atoms with Crippen LogP contribution in [0.4, 0.5) is 0 Å². The zero-order valence-corrected chi connectivity index (χ0v) is 17.9. The lowest BCUT2D eigenvalue weighted by Crippen LogP contribution is -2.29. The third kappa shape index (κ3) is 4.36. The first-order valence-electron chi connectivity index (χ1n) is 10.8. The molecule has 33 heavy (non-hydrogen) atoms. The van der Waals surface area contributed by atoms with Crippen LogP contribution < -0.4 is 10.9 Å². The van der Waals surface area contributed by atoms with Crippen LogP contribution in [0.15, 0.2) is 96.1 Å². The van der Waals surface area contributed by atoms with Crippen molar-refractivity contribution in [3.05, 3.63) is 118 Å². The molecule has 1 amide bonds. The molecule has 6 nitrogen and oxygen atoms in total. The molecular weight excluding hydrogens is 412 g/mol. The first-order chi connectivity index (χ1) is 16.2. The van der Waals surface area contributed by atoms with Crippen LogP contribution in [0.25, 0.3) is 21.5 Å². The second-order valence-corrected chi connectivity index (χ2v) is 7.91. The van der Waals surface area contributed by atoms with Gasteiger partial charge in [-0.3, -0.25) is 14.6 Å². The molecule has 1 N–H and O–H groups in total. The van der Waals surface area contributed by atoms with Gasteiger partial charge in [-0.05, 0) is 34.0 Å². The van der Waals surface area contributed by atoms with E-state index < -0.39 is 0 Å². The van der Waals surface area contributed by atoms with Gasteiger partial charge in [0.05, 0.1) is 30.6 Å². The number of amides is 1. The molecular formula is C27H22N4O2. The van der Waals surface area contributed by atoms with E-state index in [1.165, 1.54) is 4.68 Å². The lowest BCUT2D eigenvalue weighted by Gasteiger charge is -2.12. The Bertz CT molecular complexity index is 1500. The highest BCUT2D eigenvalue weighted by Crippen LogP contribution is 2.19. The van der Waals surface area contributed by atoms with Crippen molar-refractivity contribution in [3.8, 4) is 0 Å². The first-order valence-corrected chi connectivity index (χ1v) is 10.8. The molecule has 0 bridgehead atoms. The molecule has 0 spiro atoms. The van der Waals surface area contributed by atoms with Gasteiger partial charge in [-0.15, -0.1) is 0 Å². The van der Waals surface area contributed by atoms with E-state index >= 15 is 0 Å². The van der Waals surface area contributed by atoms with Gasteiger partial charge < -0.3 is 5.32 Å². The summed E-state index contributed by atoms with van der Waals surface area (Å²) in [7, 11) is 0. The van der Waals surface area contributed by atoms with Gasteiger partial charge in [0.15, 0.2) is 0 Å². The molecule has 0 atom stereocenters. The second kappa shape index (κ2) is 9.04. The third-order valence-corrected chi connectivity index (χ3v) is 5.68. The zero-order valence-electron chi connectivity index (χ0n) is 17.9. The molecule has 5 rings (SSSR count). The Morgan fingerprint density at radius 1 is 0.848 bits per heavy atom. The number of hydrogen-bond acceptors (Lipinski definition) is 4. The summed E-state index contributed by atoms with van der Waals surface area (Å²) >= 11 is 0. The largest absolute Gasteiger partial charge is 0.350 e. The van der Waals surface area contributed by atoms with Crippen molar-refractivity contribution < 1.29 is 4.79 Å². The van der Waals surface area contributed by atoms with Crippen molar-refractivity contribution in [2.45, 2.75) is 19.5 Å². The van der Waals surface area contributed by atoms with Crippen molar-refractivity contribution in [3.63, 3.8) is 0 Å². The van der Waals surface area contributed by atoms with Gasteiger partial charge in [-0.2, -0.15) is 5.10 Å². The quantitative estimate of drug-likeness (QED) is 0.440. The Kier molecular flexibility index (Phi) is 5.64. The summed E-state index contributed by atoms with van der Waals surface area (Å²) in [6.07, 6.45) is 3.68. The van der Waals surface area contributed by atoms with E-state index in [2.05, 4.69) is 15.4 Å². The molecule has 0 unspecified atom stereocenters. The number of carbonyl (C=O) groups is 1. The Hall–Kier alpha value is -4.32. The van der Waals surface area contributed by atoms with E-state index in [-0.39, 0.29) is 24.4 Å². The zero-order chi connectivity index (χ0) is 22.6. The number of hydrogen-bond donors (Lipinski definition) is 1. The predicted molar refractivity (Wildman–Crippen MR) is 129 cm³/mol. The molecule has 0 saturated carbocycles. The maximum atomic E-state index is 13.0. The highest BCUT2D eigenvalue weighted by molar-refractivity contribution is 5.90. The summed E-state index contributed by atoms with van der Waals surface area (Å²) in [5, 5.41) is 11.1. The van der Waals surface area contributed by atoms with Gasteiger partial charge in [-0.25, -0.2) is 4.68 Å².